The number of benzene rings is 1. The molecule has 1 heterocycles. The van der Waals surface area contributed by atoms with Crippen molar-refractivity contribution in [1.29, 1.82) is 0 Å². The molecule has 0 saturated heterocycles. The summed E-state index contributed by atoms with van der Waals surface area (Å²) >= 11 is 7.39. The average Bonchev–Trinajstić information content (AvgIpc) is 2.93. The number of halogens is 1. The first-order valence-electron chi connectivity index (χ1n) is 6.09. The Balaban J connectivity index is 1.96. The smallest absolute Gasteiger partial charge is 0.251 e. The van der Waals surface area contributed by atoms with E-state index in [1.54, 1.807) is 17.4 Å². The van der Waals surface area contributed by atoms with Crippen LogP contribution in [0, 0.1) is 0 Å². The minimum absolute atomic E-state index is 0.0970. The Labute approximate surface area is 121 Å². The van der Waals surface area contributed by atoms with Crippen LogP contribution in [0.4, 0.5) is 0 Å². The van der Waals surface area contributed by atoms with Crippen molar-refractivity contribution in [3.63, 3.8) is 0 Å². The predicted molar refractivity (Wildman–Crippen MR) is 78.7 cm³/mol. The molecule has 0 radical (unpaired) electrons. The Morgan fingerprint density at radius 3 is 3.00 bits per heavy atom. The van der Waals surface area contributed by atoms with Crippen LogP contribution in [0.5, 0.6) is 0 Å². The number of aromatic nitrogens is 1. The third kappa shape index (κ3) is 3.78. The lowest BCUT2D eigenvalue weighted by Gasteiger charge is -2.04. The van der Waals surface area contributed by atoms with Gasteiger partial charge in [0, 0.05) is 22.5 Å². The van der Waals surface area contributed by atoms with Gasteiger partial charge < -0.3 is 5.32 Å². The Morgan fingerprint density at radius 2 is 2.32 bits per heavy atom. The van der Waals surface area contributed by atoms with Crippen molar-refractivity contribution in [2.45, 2.75) is 25.8 Å². The van der Waals surface area contributed by atoms with Crippen LogP contribution in [0.2, 0.25) is 0 Å². The molecular weight excluding hydrogens is 280 g/mol. The van der Waals surface area contributed by atoms with E-state index in [-0.39, 0.29) is 5.91 Å². The van der Waals surface area contributed by atoms with Crippen molar-refractivity contribution in [3.8, 4) is 0 Å². The first kappa shape index (κ1) is 14.0. The monoisotopic (exact) mass is 294 g/mol. The Bertz CT molecular complexity index is 568. The molecule has 5 heteroatoms. The zero-order chi connectivity index (χ0) is 13.7. The van der Waals surface area contributed by atoms with Gasteiger partial charge in [-0.25, -0.2) is 4.98 Å². The molecule has 0 bridgehead atoms. The number of thiazole rings is 1. The van der Waals surface area contributed by atoms with Crippen molar-refractivity contribution in [2.24, 2.45) is 0 Å². The molecule has 1 N–H and O–H groups in total. The number of carbonyl (C=O) groups is 1. The van der Waals surface area contributed by atoms with Gasteiger partial charge >= 0.3 is 0 Å². The van der Waals surface area contributed by atoms with Crippen molar-refractivity contribution in [3.05, 3.63) is 51.5 Å². The largest absolute Gasteiger partial charge is 0.346 e. The van der Waals surface area contributed by atoms with Crippen LogP contribution in [0.3, 0.4) is 0 Å². The van der Waals surface area contributed by atoms with Gasteiger partial charge in [0.05, 0.1) is 6.54 Å². The molecule has 0 atom stereocenters. The Kier molecular flexibility index (Phi) is 4.93. The minimum Gasteiger partial charge on any atom is -0.346 e. The maximum Gasteiger partial charge on any atom is 0.251 e. The predicted octanol–water partition coefficient (Wildman–Crippen LogP) is 3.37. The van der Waals surface area contributed by atoms with Crippen LogP contribution >= 0.6 is 22.9 Å². The van der Waals surface area contributed by atoms with E-state index in [1.165, 1.54) is 4.88 Å². The van der Waals surface area contributed by atoms with Gasteiger partial charge in [0.2, 0.25) is 0 Å². The number of rotatable bonds is 5. The highest BCUT2D eigenvalue weighted by Gasteiger charge is 2.07. The highest BCUT2D eigenvalue weighted by atomic mass is 35.5. The lowest BCUT2D eigenvalue weighted by molar-refractivity contribution is 0.0951. The summed E-state index contributed by atoms with van der Waals surface area (Å²) < 4.78 is 0. The van der Waals surface area contributed by atoms with Crippen LogP contribution < -0.4 is 5.32 Å². The summed E-state index contributed by atoms with van der Waals surface area (Å²) in [4.78, 5) is 17.5. The molecule has 0 aliphatic heterocycles. The fourth-order valence-corrected chi connectivity index (χ4v) is 2.62. The quantitative estimate of drug-likeness (QED) is 0.859. The Morgan fingerprint density at radius 1 is 1.47 bits per heavy atom. The molecule has 0 spiro atoms. The van der Waals surface area contributed by atoms with E-state index in [0.717, 1.165) is 17.0 Å². The van der Waals surface area contributed by atoms with Gasteiger partial charge in [0.1, 0.15) is 5.01 Å². The van der Waals surface area contributed by atoms with E-state index >= 15 is 0 Å². The van der Waals surface area contributed by atoms with Crippen LogP contribution in [-0.4, -0.2) is 10.9 Å². The molecular formula is C14H15ClN2OS. The maximum absolute atomic E-state index is 12.0. The maximum atomic E-state index is 12.0. The fraction of sp³-hybridized carbons (Fsp3) is 0.286. The molecule has 1 amide bonds. The van der Waals surface area contributed by atoms with Crippen LogP contribution in [0.1, 0.15) is 32.7 Å². The molecule has 0 fully saturated rings. The van der Waals surface area contributed by atoms with Gasteiger partial charge in [-0.15, -0.1) is 22.9 Å². The van der Waals surface area contributed by atoms with Crippen LogP contribution in [0.15, 0.2) is 30.5 Å². The van der Waals surface area contributed by atoms with Crippen molar-refractivity contribution >= 4 is 28.8 Å². The molecule has 0 aliphatic rings. The fourth-order valence-electron chi connectivity index (χ4n) is 1.65. The van der Waals surface area contributed by atoms with Crippen LogP contribution in [-0.2, 0) is 18.8 Å². The van der Waals surface area contributed by atoms with Gasteiger partial charge in [-0.1, -0.05) is 19.1 Å². The second kappa shape index (κ2) is 6.68. The normalized spacial score (nSPS) is 10.4. The van der Waals surface area contributed by atoms with Gasteiger partial charge in [-0.3, -0.25) is 4.79 Å². The second-order valence-corrected chi connectivity index (χ2v) is 5.56. The number of alkyl halides is 1. The molecule has 3 nitrogen and oxygen atoms in total. The van der Waals surface area contributed by atoms with Gasteiger partial charge in [0.25, 0.3) is 5.91 Å². The van der Waals surface area contributed by atoms with Crippen LogP contribution in [0.25, 0.3) is 0 Å². The lowest BCUT2D eigenvalue weighted by atomic mass is 10.1. The van der Waals surface area contributed by atoms with E-state index in [9.17, 15) is 4.79 Å². The standard InChI is InChI=1S/C14H15ClN2OS/c1-2-12-8-16-13(19-12)9-17-14(18)11-5-3-4-10(6-11)7-15/h3-6,8H,2,7,9H2,1H3,(H,17,18). The molecule has 19 heavy (non-hydrogen) atoms. The number of carbonyl (C=O) groups excluding carboxylic acids is 1. The second-order valence-electron chi connectivity index (χ2n) is 4.09. The number of aryl methyl sites for hydroxylation is 1. The lowest BCUT2D eigenvalue weighted by Crippen LogP contribution is -2.22. The third-order valence-corrected chi connectivity index (χ3v) is 4.14. The van der Waals surface area contributed by atoms with Gasteiger partial charge in [-0.2, -0.15) is 0 Å². The van der Waals surface area contributed by atoms with E-state index in [0.29, 0.717) is 18.0 Å². The molecule has 1 aromatic carbocycles. The Hall–Kier alpha value is -1.39. The number of hydrogen-bond donors (Lipinski definition) is 1. The summed E-state index contributed by atoms with van der Waals surface area (Å²) in [5.74, 6) is 0.313. The van der Waals surface area contributed by atoms with E-state index in [2.05, 4.69) is 17.2 Å². The topological polar surface area (TPSA) is 42.0 Å². The van der Waals surface area contributed by atoms with E-state index in [1.807, 2.05) is 24.4 Å². The summed E-state index contributed by atoms with van der Waals surface area (Å²) in [6.07, 6.45) is 2.84. The minimum atomic E-state index is -0.0970. The highest BCUT2D eigenvalue weighted by molar-refractivity contribution is 7.11. The van der Waals surface area contributed by atoms with Gasteiger partial charge in [0.15, 0.2) is 0 Å². The first-order chi connectivity index (χ1) is 9.22. The van der Waals surface area contributed by atoms with Crippen molar-refractivity contribution < 1.29 is 4.79 Å². The number of amides is 1. The zero-order valence-corrected chi connectivity index (χ0v) is 12.2. The summed E-state index contributed by atoms with van der Waals surface area (Å²) in [5, 5.41) is 3.80. The summed E-state index contributed by atoms with van der Waals surface area (Å²) in [6.45, 7) is 2.56. The van der Waals surface area contributed by atoms with Crippen molar-refractivity contribution in [1.82, 2.24) is 10.3 Å². The molecule has 100 valence electrons. The average molecular weight is 295 g/mol. The summed E-state index contributed by atoms with van der Waals surface area (Å²) in [5.41, 5.74) is 1.57. The highest BCUT2D eigenvalue weighted by Crippen LogP contribution is 2.13. The van der Waals surface area contributed by atoms with E-state index < -0.39 is 0 Å². The zero-order valence-electron chi connectivity index (χ0n) is 10.6. The molecule has 2 aromatic rings. The van der Waals surface area contributed by atoms with Crippen molar-refractivity contribution in [2.75, 3.05) is 0 Å². The molecule has 0 unspecified atom stereocenters. The SMILES string of the molecule is CCc1cnc(CNC(=O)c2cccc(CCl)c2)s1. The molecule has 2 rings (SSSR count). The number of nitrogens with one attached hydrogen (secondary N) is 1. The molecule has 0 aliphatic carbocycles. The number of nitrogens with zero attached hydrogens (tertiary/aromatic N) is 1. The summed E-state index contributed by atoms with van der Waals surface area (Å²) in [7, 11) is 0. The summed E-state index contributed by atoms with van der Waals surface area (Å²) in [6, 6.07) is 7.33. The molecule has 0 saturated carbocycles. The number of hydrogen-bond acceptors (Lipinski definition) is 3. The van der Waals surface area contributed by atoms with Gasteiger partial charge in [-0.05, 0) is 24.1 Å². The molecule has 1 aromatic heterocycles. The first-order valence-corrected chi connectivity index (χ1v) is 7.44. The third-order valence-electron chi connectivity index (χ3n) is 2.69. The van der Waals surface area contributed by atoms with E-state index in [4.69, 9.17) is 11.6 Å².